The van der Waals surface area contributed by atoms with Crippen molar-refractivity contribution in [3.8, 4) is 11.1 Å². The van der Waals surface area contributed by atoms with E-state index in [4.69, 9.17) is 4.52 Å². The maximum absolute atomic E-state index is 12.0. The lowest BCUT2D eigenvalue weighted by Gasteiger charge is -2.29. The van der Waals surface area contributed by atoms with Crippen LogP contribution in [0.4, 0.5) is 0 Å². The van der Waals surface area contributed by atoms with E-state index in [2.05, 4.69) is 21.2 Å². The Hall–Kier alpha value is -2.83. The molecule has 0 radical (unpaired) electrons. The van der Waals surface area contributed by atoms with Crippen LogP contribution in [0.15, 0.2) is 52.6 Å². The molecule has 3 heterocycles. The molecule has 0 aliphatic heterocycles. The molecule has 0 saturated carbocycles. The van der Waals surface area contributed by atoms with Gasteiger partial charge in [0.1, 0.15) is 10.8 Å². The highest BCUT2D eigenvalue weighted by atomic mass is 32.1. The normalized spacial score (nSPS) is 13.5. The quantitative estimate of drug-likeness (QED) is 0.545. The lowest BCUT2D eigenvalue weighted by atomic mass is 9.83. The third kappa shape index (κ3) is 2.85. The molecule has 142 valence electrons. The summed E-state index contributed by atoms with van der Waals surface area (Å²) in [5.41, 5.74) is 4.66. The van der Waals surface area contributed by atoms with Crippen LogP contribution in [0.3, 0.4) is 0 Å². The van der Waals surface area contributed by atoms with Crippen molar-refractivity contribution in [2.24, 2.45) is 0 Å². The van der Waals surface area contributed by atoms with E-state index in [-0.39, 0.29) is 0 Å². The van der Waals surface area contributed by atoms with E-state index in [0.717, 1.165) is 39.3 Å². The molecule has 1 aromatic carbocycles. The predicted molar refractivity (Wildman–Crippen MR) is 109 cm³/mol. The second kappa shape index (κ2) is 6.96. The Balaban J connectivity index is 2.03. The van der Waals surface area contributed by atoms with Crippen LogP contribution in [0, 0.1) is 27.7 Å². The summed E-state index contributed by atoms with van der Waals surface area (Å²) < 4.78 is 5.37. The zero-order chi connectivity index (χ0) is 19.9. The largest absolute Gasteiger partial charge is 0.372 e. The van der Waals surface area contributed by atoms with Crippen molar-refractivity contribution in [1.82, 2.24) is 15.1 Å². The first-order valence-corrected chi connectivity index (χ1v) is 9.89. The summed E-state index contributed by atoms with van der Waals surface area (Å²) in [7, 11) is 0. The summed E-state index contributed by atoms with van der Waals surface area (Å²) in [5.74, 6) is 0.752. The van der Waals surface area contributed by atoms with Gasteiger partial charge in [0.25, 0.3) is 0 Å². The van der Waals surface area contributed by atoms with Crippen molar-refractivity contribution in [2.45, 2.75) is 33.3 Å². The Morgan fingerprint density at radius 1 is 1.04 bits per heavy atom. The minimum atomic E-state index is -1.45. The van der Waals surface area contributed by atoms with E-state index in [9.17, 15) is 5.11 Å². The van der Waals surface area contributed by atoms with Gasteiger partial charge in [-0.15, -0.1) is 11.3 Å². The zero-order valence-electron chi connectivity index (χ0n) is 16.2. The zero-order valence-corrected chi connectivity index (χ0v) is 17.0. The van der Waals surface area contributed by atoms with Crippen molar-refractivity contribution < 1.29 is 9.63 Å². The summed E-state index contributed by atoms with van der Waals surface area (Å²) in [6.45, 7) is 7.88. The molecule has 6 heteroatoms. The number of aryl methyl sites for hydroxylation is 3. The molecule has 1 N–H and O–H groups in total. The summed E-state index contributed by atoms with van der Waals surface area (Å²) in [4.78, 5) is 8.90. The molecule has 4 aromatic rings. The molecule has 0 fully saturated rings. The predicted octanol–water partition coefficient (Wildman–Crippen LogP) is 4.71. The van der Waals surface area contributed by atoms with E-state index in [1.165, 1.54) is 11.3 Å². The molecule has 1 unspecified atom stereocenters. The molecule has 0 aliphatic carbocycles. The average molecular weight is 391 g/mol. The highest BCUT2D eigenvalue weighted by molar-refractivity contribution is 7.09. The van der Waals surface area contributed by atoms with Crippen LogP contribution < -0.4 is 0 Å². The first-order chi connectivity index (χ1) is 13.4. The van der Waals surface area contributed by atoms with Crippen LogP contribution in [0.25, 0.3) is 11.1 Å². The SMILES string of the molecule is Cc1cc(-c2c(C)noc2C)cc(C(O)(c2ccccn2)c2nccs2)c1C. The van der Waals surface area contributed by atoms with E-state index in [1.54, 1.807) is 12.4 Å². The van der Waals surface area contributed by atoms with Crippen LogP contribution in [0.2, 0.25) is 0 Å². The fraction of sp³-hybridized carbons (Fsp3) is 0.227. The fourth-order valence-electron chi connectivity index (χ4n) is 3.62. The van der Waals surface area contributed by atoms with Crippen LogP contribution in [0.1, 0.15) is 38.8 Å². The van der Waals surface area contributed by atoms with Gasteiger partial charge in [0.2, 0.25) is 0 Å². The second-order valence-electron chi connectivity index (χ2n) is 6.93. The number of pyridine rings is 1. The van der Waals surface area contributed by atoms with Gasteiger partial charge in [-0.05, 0) is 62.6 Å². The van der Waals surface area contributed by atoms with Gasteiger partial charge < -0.3 is 9.63 Å². The average Bonchev–Trinajstić information content (AvgIpc) is 3.35. The minimum absolute atomic E-state index is 0.545. The third-order valence-corrected chi connectivity index (χ3v) is 6.04. The van der Waals surface area contributed by atoms with Gasteiger partial charge in [-0.3, -0.25) is 4.98 Å². The van der Waals surface area contributed by atoms with Crippen LogP contribution >= 0.6 is 11.3 Å². The lowest BCUT2D eigenvalue weighted by Crippen LogP contribution is -2.31. The van der Waals surface area contributed by atoms with Crippen molar-refractivity contribution in [2.75, 3.05) is 0 Å². The van der Waals surface area contributed by atoms with E-state index in [0.29, 0.717) is 10.7 Å². The highest BCUT2D eigenvalue weighted by Crippen LogP contribution is 2.41. The molecule has 0 bridgehead atoms. The van der Waals surface area contributed by atoms with Gasteiger partial charge >= 0.3 is 0 Å². The van der Waals surface area contributed by atoms with Crippen LogP contribution in [-0.4, -0.2) is 20.2 Å². The lowest BCUT2D eigenvalue weighted by molar-refractivity contribution is 0.119. The molecule has 0 aliphatic rings. The molecule has 0 spiro atoms. The van der Waals surface area contributed by atoms with Crippen molar-refractivity contribution in [3.05, 3.63) is 87.0 Å². The molecular formula is C22H21N3O2S. The van der Waals surface area contributed by atoms with Crippen molar-refractivity contribution in [1.29, 1.82) is 0 Å². The topological polar surface area (TPSA) is 72.0 Å². The summed E-state index contributed by atoms with van der Waals surface area (Å²) in [5, 5.41) is 18.6. The fourth-order valence-corrected chi connectivity index (χ4v) is 4.37. The van der Waals surface area contributed by atoms with E-state index in [1.807, 2.05) is 57.3 Å². The van der Waals surface area contributed by atoms with Gasteiger partial charge in [-0.25, -0.2) is 4.98 Å². The van der Waals surface area contributed by atoms with E-state index >= 15 is 0 Å². The number of hydrogen-bond donors (Lipinski definition) is 1. The van der Waals surface area contributed by atoms with E-state index < -0.39 is 5.60 Å². The molecule has 1 atom stereocenters. The summed E-state index contributed by atoms with van der Waals surface area (Å²) in [6.07, 6.45) is 3.39. The number of aromatic nitrogens is 3. The smallest absolute Gasteiger partial charge is 0.184 e. The number of hydrogen-bond acceptors (Lipinski definition) is 6. The van der Waals surface area contributed by atoms with Crippen LogP contribution in [0.5, 0.6) is 0 Å². The third-order valence-electron chi connectivity index (χ3n) is 5.16. The van der Waals surface area contributed by atoms with Gasteiger partial charge in [0.15, 0.2) is 5.60 Å². The van der Waals surface area contributed by atoms with Gasteiger partial charge in [-0.2, -0.15) is 0 Å². The Morgan fingerprint density at radius 2 is 1.86 bits per heavy atom. The van der Waals surface area contributed by atoms with Crippen molar-refractivity contribution >= 4 is 11.3 Å². The Labute approximate surface area is 167 Å². The standard InChI is InChI=1S/C22H21N3O2S/c1-13-11-17(20-15(3)25-27-16(20)4)12-18(14(13)2)22(26,21-24-9-10-28-21)19-7-5-6-8-23-19/h5-12,26H,1-4H3. The van der Waals surface area contributed by atoms with Gasteiger partial charge in [0.05, 0.1) is 11.4 Å². The molecule has 28 heavy (non-hydrogen) atoms. The molecule has 0 amide bonds. The Bertz CT molecular complexity index is 1100. The monoisotopic (exact) mass is 391 g/mol. The maximum Gasteiger partial charge on any atom is 0.184 e. The highest BCUT2D eigenvalue weighted by Gasteiger charge is 2.39. The Kier molecular flexibility index (Phi) is 4.61. The van der Waals surface area contributed by atoms with Crippen LogP contribution in [-0.2, 0) is 5.60 Å². The Morgan fingerprint density at radius 3 is 2.46 bits per heavy atom. The first kappa shape index (κ1) is 18.5. The molecule has 4 rings (SSSR count). The summed E-state index contributed by atoms with van der Waals surface area (Å²) >= 11 is 1.41. The first-order valence-electron chi connectivity index (χ1n) is 9.01. The molecule has 0 saturated heterocycles. The summed E-state index contributed by atoms with van der Waals surface area (Å²) in [6, 6.07) is 9.65. The van der Waals surface area contributed by atoms with Gasteiger partial charge in [-0.1, -0.05) is 17.3 Å². The molecule has 3 aromatic heterocycles. The van der Waals surface area contributed by atoms with Gasteiger partial charge in [0, 0.05) is 28.9 Å². The number of rotatable bonds is 4. The van der Waals surface area contributed by atoms with Crippen molar-refractivity contribution in [3.63, 3.8) is 0 Å². The number of benzene rings is 1. The molecular weight excluding hydrogens is 370 g/mol. The molecule has 5 nitrogen and oxygen atoms in total. The maximum atomic E-state index is 12.0. The minimum Gasteiger partial charge on any atom is -0.372 e. The number of thiazole rings is 1. The number of aliphatic hydroxyl groups is 1. The second-order valence-corrected chi connectivity index (χ2v) is 7.82. The number of nitrogens with zero attached hydrogens (tertiary/aromatic N) is 3.